The third-order valence-electron chi connectivity index (χ3n) is 5.92. The molecule has 0 bridgehead atoms. The minimum absolute atomic E-state index is 0.00589. The van der Waals surface area contributed by atoms with Crippen LogP contribution >= 0.6 is 11.6 Å². The number of rotatable bonds is 9. The van der Waals surface area contributed by atoms with Crippen molar-refractivity contribution in [3.63, 3.8) is 0 Å². The lowest BCUT2D eigenvalue weighted by Crippen LogP contribution is -2.27. The summed E-state index contributed by atoms with van der Waals surface area (Å²) in [5.74, 6) is -1.40. The van der Waals surface area contributed by atoms with Crippen molar-refractivity contribution in [3.05, 3.63) is 88.4 Å². The average molecular weight is 493 g/mol. The van der Waals surface area contributed by atoms with Crippen LogP contribution in [0, 0.1) is 0 Å². The van der Waals surface area contributed by atoms with E-state index in [0.717, 1.165) is 11.1 Å². The smallest absolute Gasteiger partial charge is 0.407 e. The first-order chi connectivity index (χ1) is 16.9. The Bertz CT molecular complexity index is 1210. The quantitative estimate of drug-likeness (QED) is 0.333. The molecule has 3 aromatic carbocycles. The minimum Gasteiger partial charge on any atom is -0.478 e. The van der Waals surface area contributed by atoms with Gasteiger partial charge in [-0.1, -0.05) is 60.1 Å². The third-order valence-corrected chi connectivity index (χ3v) is 6.25. The molecule has 0 aromatic heterocycles. The second-order valence-corrected chi connectivity index (χ2v) is 8.66. The van der Waals surface area contributed by atoms with Gasteiger partial charge < -0.3 is 20.5 Å². The number of halogens is 1. The fourth-order valence-electron chi connectivity index (χ4n) is 4.24. The minimum atomic E-state index is -1.16. The van der Waals surface area contributed by atoms with Crippen LogP contribution < -0.4 is 10.6 Å². The van der Waals surface area contributed by atoms with Crippen molar-refractivity contribution in [1.82, 2.24) is 5.32 Å². The van der Waals surface area contributed by atoms with Crippen molar-refractivity contribution in [2.45, 2.75) is 25.2 Å². The van der Waals surface area contributed by atoms with Crippen molar-refractivity contribution >= 4 is 35.3 Å². The van der Waals surface area contributed by atoms with E-state index in [1.165, 1.54) is 23.3 Å². The van der Waals surface area contributed by atoms with E-state index in [2.05, 4.69) is 34.9 Å². The second-order valence-electron chi connectivity index (χ2n) is 8.26. The lowest BCUT2D eigenvalue weighted by atomic mass is 9.98. The summed E-state index contributed by atoms with van der Waals surface area (Å²) in [6, 6.07) is 20.6. The molecule has 8 heteroatoms. The lowest BCUT2D eigenvalue weighted by molar-refractivity contribution is -0.116. The molecule has 0 spiro atoms. The lowest BCUT2D eigenvalue weighted by Gasteiger charge is -2.14. The van der Waals surface area contributed by atoms with Gasteiger partial charge in [0.05, 0.1) is 10.6 Å². The Kier molecular flexibility index (Phi) is 7.67. The number of nitrogens with one attached hydrogen (secondary N) is 2. The Hall–Kier alpha value is -3.84. The summed E-state index contributed by atoms with van der Waals surface area (Å²) >= 11 is 5.84. The predicted molar refractivity (Wildman–Crippen MR) is 134 cm³/mol. The molecule has 0 saturated carbocycles. The maximum absolute atomic E-state index is 12.2. The molecule has 2 amide bonds. The molecular weight excluding hydrogens is 468 g/mol. The molecular formula is C27H25ClN2O5. The Morgan fingerprint density at radius 2 is 1.57 bits per heavy atom. The van der Waals surface area contributed by atoms with Gasteiger partial charge in [0.1, 0.15) is 6.61 Å². The zero-order valence-corrected chi connectivity index (χ0v) is 19.7. The number of ether oxygens (including phenoxy) is 1. The van der Waals surface area contributed by atoms with Crippen LogP contribution in [0.5, 0.6) is 0 Å². The van der Waals surface area contributed by atoms with Crippen LogP contribution in [0.4, 0.5) is 10.5 Å². The van der Waals surface area contributed by atoms with Crippen molar-refractivity contribution in [2.24, 2.45) is 0 Å². The van der Waals surface area contributed by atoms with Crippen LogP contribution in [0.3, 0.4) is 0 Å². The van der Waals surface area contributed by atoms with Crippen LogP contribution in [0.25, 0.3) is 11.1 Å². The number of hydrogen-bond acceptors (Lipinski definition) is 4. The largest absolute Gasteiger partial charge is 0.478 e. The molecule has 180 valence electrons. The average Bonchev–Trinajstić information content (AvgIpc) is 3.17. The number of carbonyl (C=O) groups is 3. The van der Waals surface area contributed by atoms with Crippen molar-refractivity contribution in [1.29, 1.82) is 0 Å². The number of carbonyl (C=O) groups excluding carboxylic acids is 2. The summed E-state index contributed by atoms with van der Waals surface area (Å²) in [7, 11) is 0. The molecule has 35 heavy (non-hydrogen) atoms. The van der Waals surface area contributed by atoms with Gasteiger partial charge in [-0.15, -0.1) is 0 Å². The number of carboxylic acids is 1. The standard InChI is InChI=1S/C27H25ClN2O5/c28-24-13-12-17(15-22(24)26(32)33)30-25(31)11-5-6-14-29-27(34)35-16-23-20-9-3-1-7-18(20)19-8-2-4-10-21(19)23/h1-4,7-10,12-13,15,23H,5-6,11,14,16H2,(H,29,34)(H,30,31)(H,32,33). The first kappa shape index (κ1) is 24.3. The highest BCUT2D eigenvalue weighted by Crippen LogP contribution is 2.44. The summed E-state index contributed by atoms with van der Waals surface area (Å²) < 4.78 is 5.50. The number of anilines is 1. The molecule has 1 aliphatic rings. The van der Waals surface area contributed by atoms with E-state index < -0.39 is 12.1 Å². The molecule has 3 N–H and O–H groups in total. The van der Waals surface area contributed by atoms with E-state index in [1.54, 1.807) is 6.07 Å². The second kappa shape index (κ2) is 11.1. The molecule has 7 nitrogen and oxygen atoms in total. The topological polar surface area (TPSA) is 105 Å². The summed E-state index contributed by atoms with van der Waals surface area (Å²) in [4.78, 5) is 35.5. The number of benzene rings is 3. The SMILES string of the molecule is O=C(CCCCNC(=O)OCC1c2ccccc2-c2ccccc21)Nc1ccc(Cl)c(C(=O)O)c1. The van der Waals surface area contributed by atoms with Crippen LogP contribution in [-0.2, 0) is 9.53 Å². The predicted octanol–water partition coefficient (Wildman–Crippen LogP) is 5.69. The molecule has 0 unspecified atom stereocenters. The Labute approximate surface area is 208 Å². The van der Waals surface area contributed by atoms with Crippen LogP contribution in [0.15, 0.2) is 66.7 Å². The highest BCUT2D eigenvalue weighted by Gasteiger charge is 2.28. The normalized spacial score (nSPS) is 11.9. The van der Waals surface area contributed by atoms with Gasteiger partial charge in [0.2, 0.25) is 5.91 Å². The number of unbranched alkanes of at least 4 members (excludes halogenated alkanes) is 1. The molecule has 1 aliphatic carbocycles. The first-order valence-electron chi connectivity index (χ1n) is 11.4. The zero-order chi connectivity index (χ0) is 24.8. The molecule has 0 atom stereocenters. The Balaban J connectivity index is 1.17. The van der Waals surface area contributed by atoms with Crippen molar-refractivity contribution < 1.29 is 24.2 Å². The highest BCUT2D eigenvalue weighted by molar-refractivity contribution is 6.33. The van der Waals surface area contributed by atoms with Crippen molar-refractivity contribution in [2.75, 3.05) is 18.5 Å². The maximum atomic E-state index is 12.2. The van der Waals surface area contributed by atoms with Crippen LogP contribution in [0.1, 0.15) is 46.7 Å². The number of carboxylic acid groups (broad SMARTS) is 1. The number of fused-ring (bicyclic) bond motifs is 3. The summed E-state index contributed by atoms with van der Waals surface area (Å²) in [6.07, 6.45) is 0.893. The van der Waals surface area contributed by atoms with Crippen LogP contribution in [-0.4, -0.2) is 36.2 Å². The maximum Gasteiger partial charge on any atom is 0.407 e. The molecule has 0 fully saturated rings. The Morgan fingerprint density at radius 1 is 0.914 bits per heavy atom. The van der Waals surface area contributed by atoms with E-state index >= 15 is 0 Å². The Morgan fingerprint density at radius 3 is 2.23 bits per heavy atom. The summed E-state index contributed by atoms with van der Waals surface area (Å²) in [5, 5.41) is 14.6. The van der Waals surface area contributed by atoms with Gasteiger partial charge in [-0.2, -0.15) is 0 Å². The highest BCUT2D eigenvalue weighted by atomic mass is 35.5. The first-order valence-corrected chi connectivity index (χ1v) is 11.7. The van der Waals surface area contributed by atoms with E-state index in [-0.39, 0.29) is 35.4 Å². The number of aromatic carboxylic acids is 1. The van der Waals surface area contributed by atoms with Gasteiger partial charge in [0, 0.05) is 24.6 Å². The van der Waals surface area contributed by atoms with Gasteiger partial charge in [0.15, 0.2) is 0 Å². The number of hydrogen-bond donors (Lipinski definition) is 3. The van der Waals surface area contributed by atoms with Gasteiger partial charge in [-0.25, -0.2) is 9.59 Å². The fraction of sp³-hybridized carbons (Fsp3) is 0.222. The third kappa shape index (κ3) is 5.81. The zero-order valence-electron chi connectivity index (χ0n) is 18.9. The van der Waals surface area contributed by atoms with Gasteiger partial charge >= 0.3 is 12.1 Å². The van der Waals surface area contributed by atoms with E-state index in [4.69, 9.17) is 21.4 Å². The molecule has 0 heterocycles. The van der Waals surface area contributed by atoms with Crippen LogP contribution in [0.2, 0.25) is 5.02 Å². The van der Waals surface area contributed by atoms with E-state index in [1.807, 2.05) is 24.3 Å². The molecule has 4 rings (SSSR count). The van der Waals surface area contributed by atoms with E-state index in [9.17, 15) is 14.4 Å². The van der Waals surface area contributed by atoms with Gasteiger partial charge in [-0.3, -0.25) is 4.79 Å². The summed E-state index contributed by atoms with van der Waals surface area (Å²) in [5.41, 5.74) is 4.96. The molecule has 0 radical (unpaired) electrons. The fourth-order valence-corrected chi connectivity index (χ4v) is 4.44. The molecule has 0 saturated heterocycles. The monoisotopic (exact) mass is 492 g/mol. The number of alkyl carbamates (subject to hydrolysis) is 1. The number of amides is 2. The van der Waals surface area contributed by atoms with Crippen molar-refractivity contribution in [3.8, 4) is 11.1 Å². The molecule has 0 aliphatic heterocycles. The van der Waals surface area contributed by atoms with Gasteiger partial charge in [0.25, 0.3) is 0 Å². The summed E-state index contributed by atoms with van der Waals surface area (Å²) in [6.45, 7) is 0.635. The van der Waals surface area contributed by atoms with Gasteiger partial charge in [-0.05, 0) is 53.3 Å². The van der Waals surface area contributed by atoms with E-state index in [0.29, 0.717) is 25.1 Å². The molecule has 3 aromatic rings.